The second-order valence-electron chi connectivity index (χ2n) is 7.27. The Balaban J connectivity index is 1.33. The van der Waals surface area contributed by atoms with Crippen LogP contribution >= 0.6 is 11.3 Å². The van der Waals surface area contributed by atoms with Crippen LogP contribution in [0.5, 0.6) is 0 Å². The number of rotatable bonds is 3. The Labute approximate surface area is 144 Å². The predicted octanol–water partition coefficient (Wildman–Crippen LogP) is 2.67. The maximum atomic E-state index is 11.8. The maximum absolute atomic E-state index is 11.8. The van der Waals surface area contributed by atoms with E-state index in [0.29, 0.717) is 24.3 Å². The van der Waals surface area contributed by atoms with Gasteiger partial charge in [0.1, 0.15) is 0 Å². The van der Waals surface area contributed by atoms with Gasteiger partial charge >= 0.3 is 0 Å². The van der Waals surface area contributed by atoms with E-state index in [-0.39, 0.29) is 12.1 Å². The van der Waals surface area contributed by atoms with Crippen molar-refractivity contribution in [2.75, 3.05) is 6.54 Å². The zero-order chi connectivity index (χ0) is 16.3. The van der Waals surface area contributed by atoms with Crippen LogP contribution in [-0.4, -0.2) is 44.2 Å². The summed E-state index contributed by atoms with van der Waals surface area (Å²) in [6.07, 6.45) is 7.74. The van der Waals surface area contributed by atoms with E-state index in [1.54, 1.807) is 11.3 Å². The first kappa shape index (κ1) is 14.7. The first-order chi connectivity index (χ1) is 11.7. The monoisotopic (exact) mass is 343 g/mol. The molecule has 0 aromatic carbocycles. The number of amides is 1. The third kappa shape index (κ3) is 2.09. The maximum Gasteiger partial charge on any atom is 0.222 e. The highest BCUT2D eigenvalue weighted by molar-refractivity contribution is 7.10. The molecular weight excluding hydrogens is 322 g/mol. The minimum absolute atomic E-state index is 0.204. The number of hydrogen-bond donors (Lipinski definition) is 1. The molecule has 0 unspecified atom stereocenters. The number of thiophene rings is 1. The minimum Gasteiger partial charge on any atom is -0.393 e. The largest absolute Gasteiger partial charge is 0.393 e. The van der Waals surface area contributed by atoms with Crippen LogP contribution in [0, 0.1) is 5.92 Å². The minimum atomic E-state index is -0.323. The van der Waals surface area contributed by atoms with Crippen LogP contribution in [0.25, 0.3) is 11.3 Å². The van der Waals surface area contributed by atoms with Gasteiger partial charge < -0.3 is 14.6 Å². The van der Waals surface area contributed by atoms with Gasteiger partial charge in [0.15, 0.2) is 0 Å². The van der Waals surface area contributed by atoms with Gasteiger partial charge in [-0.25, -0.2) is 4.98 Å². The van der Waals surface area contributed by atoms with Gasteiger partial charge in [-0.05, 0) is 43.0 Å². The molecule has 126 valence electrons. The summed E-state index contributed by atoms with van der Waals surface area (Å²) in [5, 5.41) is 13.0. The van der Waals surface area contributed by atoms with Gasteiger partial charge in [0, 0.05) is 29.4 Å². The Morgan fingerprint density at radius 2 is 2.33 bits per heavy atom. The van der Waals surface area contributed by atoms with E-state index in [1.807, 2.05) is 17.4 Å². The number of aliphatic hydroxyl groups is 1. The highest BCUT2D eigenvalue weighted by Gasteiger charge is 2.40. The van der Waals surface area contributed by atoms with Gasteiger partial charge in [0.25, 0.3) is 0 Å². The predicted molar refractivity (Wildman–Crippen MR) is 91.8 cm³/mol. The van der Waals surface area contributed by atoms with E-state index in [9.17, 15) is 9.90 Å². The molecule has 0 aliphatic carbocycles. The summed E-state index contributed by atoms with van der Waals surface area (Å²) < 4.78 is 2.21. The number of aromatic nitrogens is 2. The summed E-state index contributed by atoms with van der Waals surface area (Å²) in [4.78, 5) is 19.5. The van der Waals surface area contributed by atoms with Gasteiger partial charge in [-0.2, -0.15) is 0 Å². The molecule has 1 amide bonds. The summed E-state index contributed by atoms with van der Waals surface area (Å²) in [5.74, 6) is 0.600. The third-order valence-electron chi connectivity index (χ3n) is 6.05. The standard InChI is InChI=1S/C18H21N3O2S/c22-16(11-3-5-20-12(7-11)1-2-17(20)23)8-14-18-13(4-6-24-18)15-9-19-10-21(14)15/h4,6,9-12,14,16,22H,1-3,5,7-8H2/t11-,12-,14-,16-/m0/s1. The number of carbonyl (C=O) groups excluding carboxylic acids is 1. The summed E-state index contributed by atoms with van der Waals surface area (Å²) in [7, 11) is 0. The molecule has 2 saturated heterocycles. The highest BCUT2D eigenvalue weighted by atomic mass is 32.1. The molecule has 0 spiro atoms. The SMILES string of the molecule is O=C1CC[C@H]2C[C@@H]([C@@H](O)C[C@H]3c4sccc4-c4cncn43)CCN12. The van der Waals surface area contributed by atoms with Gasteiger partial charge in [0.2, 0.25) is 5.91 Å². The van der Waals surface area contributed by atoms with Crippen LogP contribution in [0.15, 0.2) is 24.0 Å². The van der Waals surface area contributed by atoms with Crippen LogP contribution in [-0.2, 0) is 4.79 Å². The lowest BCUT2D eigenvalue weighted by Crippen LogP contribution is -2.43. The normalized spacial score (nSPS) is 29.5. The van der Waals surface area contributed by atoms with Crippen molar-refractivity contribution in [3.05, 3.63) is 28.8 Å². The average molecular weight is 343 g/mol. The van der Waals surface area contributed by atoms with E-state index in [4.69, 9.17) is 0 Å². The van der Waals surface area contributed by atoms with Crippen LogP contribution in [0.3, 0.4) is 0 Å². The first-order valence-electron chi connectivity index (χ1n) is 8.79. The van der Waals surface area contributed by atoms with E-state index in [1.165, 1.54) is 16.1 Å². The smallest absolute Gasteiger partial charge is 0.222 e. The van der Waals surface area contributed by atoms with E-state index in [0.717, 1.165) is 32.2 Å². The molecule has 4 atom stereocenters. The lowest BCUT2D eigenvalue weighted by Gasteiger charge is -2.37. The molecule has 1 N–H and O–H groups in total. The van der Waals surface area contributed by atoms with E-state index >= 15 is 0 Å². The number of aliphatic hydroxyl groups excluding tert-OH is 1. The summed E-state index contributed by atoms with van der Waals surface area (Å²) in [5.41, 5.74) is 2.44. The molecule has 3 aliphatic heterocycles. The van der Waals surface area contributed by atoms with Crippen LogP contribution in [0.4, 0.5) is 0 Å². The van der Waals surface area contributed by atoms with E-state index in [2.05, 4.69) is 21.0 Å². The lowest BCUT2D eigenvalue weighted by atomic mass is 9.84. The number of hydrogen-bond acceptors (Lipinski definition) is 4. The fraction of sp³-hybridized carbons (Fsp3) is 0.556. The number of nitrogens with zero attached hydrogens (tertiary/aromatic N) is 3. The van der Waals surface area contributed by atoms with Gasteiger partial charge in [0.05, 0.1) is 30.4 Å². The van der Waals surface area contributed by atoms with Crippen LogP contribution in [0.1, 0.15) is 43.0 Å². The highest BCUT2D eigenvalue weighted by Crippen LogP contribution is 2.45. The molecule has 2 aromatic rings. The Bertz CT molecular complexity index is 743. The average Bonchev–Trinajstić information content (AvgIpc) is 3.33. The van der Waals surface area contributed by atoms with Crippen molar-refractivity contribution in [1.29, 1.82) is 0 Å². The van der Waals surface area contributed by atoms with Crippen molar-refractivity contribution >= 4 is 17.2 Å². The topological polar surface area (TPSA) is 58.4 Å². The molecule has 0 radical (unpaired) electrons. The molecule has 0 bridgehead atoms. The second-order valence-corrected chi connectivity index (χ2v) is 8.22. The van der Waals surface area contributed by atoms with Crippen molar-refractivity contribution in [2.24, 2.45) is 5.92 Å². The molecule has 3 aliphatic rings. The Morgan fingerprint density at radius 3 is 3.25 bits per heavy atom. The number of imidazole rings is 1. The van der Waals surface area contributed by atoms with Crippen molar-refractivity contribution in [2.45, 2.75) is 50.3 Å². The van der Waals surface area contributed by atoms with Crippen molar-refractivity contribution in [1.82, 2.24) is 14.5 Å². The fourth-order valence-corrected chi connectivity index (χ4v) is 5.80. The molecule has 6 heteroatoms. The Hall–Kier alpha value is -1.66. The molecule has 24 heavy (non-hydrogen) atoms. The van der Waals surface area contributed by atoms with Gasteiger partial charge in [-0.1, -0.05) is 0 Å². The number of carbonyl (C=O) groups is 1. The first-order valence-corrected chi connectivity index (χ1v) is 9.67. The summed E-state index contributed by atoms with van der Waals surface area (Å²) in [6, 6.07) is 2.72. The van der Waals surface area contributed by atoms with Crippen LogP contribution in [0.2, 0.25) is 0 Å². The molecule has 5 rings (SSSR count). The molecule has 5 heterocycles. The summed E-state index contributed by atoms with van der Waals surface area (Å²) in [6.45, 7) is 0.816. The summed E-state index contributed by atoms with van der Waals surface area (Å²) >= 11 is 1.77. The van der Waals surface area contributed by atoms with E-state index < -0.39 is 0 Å². The number of fused-ring (bicyclic) bond motifs is 4. The van der Waals surface area contributed by atoms with Gasteiger partial charge in [-0.15, -0.1) is 11.3 Å². The van der Waals surface area contributed by atoms with Crippen molar-refractivity contribution in [3.63, 3.8) is 0 Å². The quantitative estimate of drug-likeness (QED) is 0.932. The zero-order valence-corrected chi connectivity index (χ0v) is 14.3. The Morgan fingerprint density at radius 1 is 1.42 bits per heavy atom. The van der Waals surface area contributed by atoms with Crippen molar-refractivity contribution in [3.8, 4) is 11.3 Å². The van der Waals surface area contributed by atoms with Crippen molar-refractivity contribution < 1.29 is 9.90 Å². The molecule has 2 fully saturated rings. The van der Waals surface area contributed by atoms with Gasteiger partial charge in [-0.3, -0.25) is 4.79 Å². The lowest BCUT2D eigenvalue weighted by molar-refractivity contribution is -0.131. The molecule has 0 saturated carbocycles. The number of piperidine rings is 1. The molecule has 2 aromatic heterocycles. The fourth-order valence-electron chi connectivity index (χ4n) is 4.79. The Kier molecular flexibility index (Phi) is 3.31. The zero-order valence-electron chi connectivity index (χ0n) is 13.5. The third-order valence-corrected chi connectivity index (χ3v) is 7.07. The second kappa shape index (κ2) is 5.43. The molecular formula is C18H21N3O2S. The van der Waals surface area contributed by atoms with Crippen LogP contribution < -0.4 is 0 Å². The molecule has 5 nitrogen and oxygen atoms in total.